The van der Waals surface area contributed by atoms with Gasteiger partial charge in [0, 0.05) is 12.8 Å². The van der Waals surface area contributed by atoms with E-state index in [9.17, 15) is 4.79 Å². The lowest BCUT2D eigenvalue weighted by molar-refractivity contribution is -0.116. The average Bonchev–Trinajstić information content (AvgIpc) is 3.19. The molecule has 0 radical (unpaired) electrons. The number of unbranched alkanes of at least 4 members (excludes halogenated alkanes) is 5. The number of hydrogen-bond acceptors (Lipinski definition) is 6. The van der Waals surface area contributed by atoms with E-state index < -0.39 is 0 Å². The molecule has 0 unspecified atom stereocenters. The molecule has 2 rings (SSSR count). The largest absolute Gasteiger partial charge is 0.299 e. The lowest BCUT2D eigenvalue weighted by atomic mass is 10.1. The molecule has 0 aliphatic heterocycles. The minimum absolute atomic E-state index is 0.136. The van der Waals surface area contributed by atoms with Crippen molar-refractivity contribution in [2.45, 2.75) is 78.2 Å². The summed E-state index contributed by atoms with van der Waals surface area (Å²) in [6.07, 6.45) is 10.2. The molecule has 0 saturated heterocycles. The van der Waals surface area contributed by atoms with Crippen LogP contribution < -0.4 is 5.32 Å². The minimum atomic E-state index is -0.165. The Morgan fingerprint density at radius 3 is 2.65 bits per heavy atom. The van der Waals surface area contributed by atoms with Gasteiger partial charge in [-0.05, 0) is 25.1 Å². The van der Waals surface area contributed by atoms with Gasteiger partial charge >= 0.3 is 0 Å². The number of aryl methyl sites for hydroxylation is 2. The molecule has 9 heteroatoms. The highest BCUT2D eigenvalue weighted by molar-refractivity contribution is 7.71. The Balaban J connectivity index is 1.78. The van der Waals surface area contributed by atoms with Gasteiger partial charge < -0.3 is 0 Å². The third-order valence-electron chi connectivity index (χ3n) is 4.07. The summed E-state index contributed by atoms with van der Waals surface area (Å²) in [5, 5.41) is 19.5. The van der Waals surface area contributed by atoms with Crippen LogP contribution >= 0.6 is 23.6 Å². The normalized spacial score (nSPS) is 11.0. The zero-order chi connectivity index (χ0) is 18.8. The van der Waals surface area contributed by atoms with E-state index in [1.54, 1.807) is 4.57 Å². The van der Waals surface area contributed by atoms with E-state index in [2.05, 4.69) is 39.6 Å². The summed E-state index contributed by atoms with van der Waals surface area (Å²) in [7, 11) is 0. The summed E-state index contributed by atoms with van der Waals surface area (Å²) in [5.74, 6) is 0.635. The lowest BCUT2D eigenvalue weighted by Gasteiger charge is -2.05. The lowest BCUT2D eigenvalue weighted by Crippen LogP contribution is -2.20. The molecular weight excluding hydrogens is 368 g/mol. The Morgan fingerprint density at radius 2 is 1.88 bits per heavy atom. The topological polar surface area (TPSA) is 88.5 Å². The molecule has 2 aromatic heterocycles. The van der Waals surface area contributed by atoms with Crippen molar-refractivity contribution in [3.05, 3.63) is 15.6 Å². The predicted molar refractivity (Wildman–Crippen MR) is 107 cm³/mol. The van der Waals surface area contributed by atoms with Gasteiger partial charge in [-0.1, -0.05) is 57.3 Å². The molecule has 2 N–H and O–H groups in total. The van der Waals surface area contributed by atoms with Gasteiger partial charge in [0.05, 0.1) is 0 Å². The quantitative estimate of drug-likeness (QED) is 0.413. The number of rotatable bonds is 12. The van der Waals surface area contributed by atoms with E-state index in [-0.39, 0.29) is 12.5 Å². The van der Waals surface area contributed by atoms with Gasteiger partial charge in [0.15, 0.2) is 4.77 Å². The van der Waals surface area contributed by atoms with Crippen molar-refractivity contribution in [3.8, 4) is 0 Å². The van der Waals surface area contributed by atoms with Crippen molar-refractivity contribution in [1.29, 1.82) is 0 Å². The van der Waals surface area contributed by atoms with E-state index in [0.29, 0.717) is 9.90 Å². The van der Waals surface area contributed by atoms with Crippen LogP contribution in [0.2, 0.25) is 0 Å². The summed E-state index contributed by atoms with van der Waals surface area (Å²) < 4.78 is 2.19. The first kappa shape index (κ1) is 20.7. The molecule has 0 fully saturated rings. The molecule has 0 aromatic carbocycles. The van der Waals surface area contributed by atoms with Crippen LogP contribution in [0.25, 0.3) is 0 Å². The minimum Gasteiger partial charge on any atom is -0.299 e. The zero-order valence-corrected chi connectivity index (χ0v) is 17.2. The van der Waals surface area contributed by atoms with Gasteiger partial charge in [-0.25, -0.2) is 0 Å². The van der Waals surface area contributed by atoms with E-state index in [1.807, 2.05) is 0 Å². The highest BCUT2D eigenvalue weighted by Gasteiger charge is 2.12. The van der Waals surface area contributed by atoms with Gasteiger partial charge in [0.25, 0.3) is 0 Å². The molecule has 0 atom stereocenters. The smallest absolute Gasteiger partial charge is 0.246 e. The number of nitrogens with zero attached hydrogens (tertiary/aromatic N) is 4. The van der Waals surface area contributed by atoms with Crippen LogP contribution in [-0.2, 0) is 24.2 Å². The third-order valence-corrected chi connectivity index (χ3v) is 5.28. The number of carbonyl (C=O) groups excluding carboxylic acids is 1. The first-order valence-electron chi connectivity index (χ1n) is 9.40. The van der Waals surface area contributed by atoms with Gasteiger partial charge in [0.1, 0.15) is 17.4 Å². The SMILES string of the molecule is CCCCCCCCc1nnc(NC(=O)Cn2c(CCC)n[nH]c2=S)s1. The monoisotopic (exact) mass is 396 g/mol. The number of aromatic nitrogens is 5. The molecule has 0 saturated carbocycles. The Hall–Kier alpha value is -1.61. The molecule has 144 valence electrons. The van der Waals surface area contributed by atoms with E-state index in [4.69, 9.17) is 12.2 Å². The Labute approximate surface area is 163 Å². The first-order chi connectivity index (χ1) is 12.6. The molecule has 1 amide bonds. The fraction of sp³-hybridized carbons (Fsp3) is 0.706. The molecule has 2 aromatic rings. The molecule has 2 heterocycles. The second-order valence-electron chi connectivity index (χ2n) is 6.35. The number of anilines is 1. The molecule has 0 aliphatic rings. The second-order valence-corrected chi connectivity index (χ2v) is 7.80. The van der Waals surface area contributed by atoms with Crippen LogP contribution in [0.5, 0.6) is 0 Å². The van der Waals surface area contributed by atoms with Crippen molar-refractivity contribution < 1.29 is 4.79 Å². The maximum atomic E-state index is 12.3. The molecular formula is C17H28N6OS2. The standard InChI is InChI=1S/C17H28N6OS2/c1-3-5-6-7-8-9-11-15-20-21-16(26-15)18-14(24)12-23-13(10-4-2)19-22-17(23)25/h3-12H2,1-2H3,(H,22,25)(H,18,21,24). The molecule has 0 spiro atoms. The van der Waals surface area contributed by atoms with Gasteiger partial charge in [-0.2, -0.15) is 5.10 Å². The van der Waals surface area contributed by atoms with Crippen molar-refractivity contribution in [3.63, 3.8) is 0 Å². The number of aromatic amines is 1. The summed E-state index contributed by atoms with van der Waals surface area (Å²) in [6, 6.07) is 0. The van der Waals surface area contributed by atoms with Crippen molar-refractivity contribution in [2.24, 2.45) is 0 Å². The Bertz CT molecular complexity index is 736. The Kier molecular flexibility index (Phi) is 8.90. The fourth-order valence-electron chi connectivity index (χ4n) is 2.69. The zero-order valence-electron chi connectivity index (χ0n) is 15.6. The number of carbonyl (C=O) groups is 1. The summed E-state index contributed by atoms with van der Waals surface area (Å²) in [5.41, 5.74) is 0. The van der Waals surface area contributed by atoms with Crippen LogP contribution in [0.1, 0.15) is 69.6 Å². The predicted octanol–water partition coefficient (Wildman–Crippen LogP) is 4.29. The highest BCUT2D eigenvalue weighted by Crippen LogP contribution is 2.18. The molecule has 7 nitrogen and oxygen atoms in total. The van der Waals surface area contributed by atoms with E-state index >= 15 is 0 Å². The van der Waals surface area contributed by atoms with E-state index in [0.717, 1.165) is 36.5 Å². The number of H-pyrrole nitrogens is 1. The van der Waals surface area contributed by atoms with Crippen molar-refractivity contribution in [1.82, 2.24) is 25.0 Å². The maximum absolute atomic E-state index is 12.3. The van der Waals surface area contributed by atoms with Crippen molar-refractivity contribution >= 4 is 34.6 Å². The highest BCUT2D eigenvalue weighted by atomic mass is 32.1. The summed E-state index contributed by atoms with van der Waals surface area (Å²) >= 11 is 6.65. The first-order valence-corrected chi connectivity index (χ1v) is 10.6. The number of hydrogen-bond donors (Lipinski definition) is 2. The van der Waals surface area contributed by atoms with Crippen LogP contribution in [0, 0.1) is 4.77 Å². The number of amides is 1. The second kappa shape index (κ2) is 11.2. The van der Waals surface area contributed by atoms with E-state index in [1.165, 1.54) is 43.4 Å². The third kappa shape index (κ3) is 6.60. The van der Waals surface area contributed by atoms with Crippen molar-refractivity contribution in [2.75, 3.05) is 5.32 Å². The van der Waals surface area contributed by atoms with Gasteiger partial charge in [-0.15, -0.1) is 10.2 Å². The summed E-state index contributed by atoms with van der Waals surface area (Å²) in [6.45, 7) is 4.42. The maximum Gasteiger partial charge on any atom is 0.246 e. The van der Waals surface area contributed by atoms with Crippen LogP contribution in [-0.4, -0.2) is 30.9 Å². The molecule has 26 heavy (non-hydrogen) atoms. The van der Waals surface area contributed by atoms with Crippen LogP contribution in [0.3, 0.4) is 0 Å². The molecule has 0 bridgehead atoms. The Morgan fingerprint density at radius 1 is 1.12 bits per heavy atom. The van der Waals surface area contributed by atoms with Gasteiger partial charge in [-0.3, -0.25) is 19.8 Å². The van der Waals surface area contributed by atoms with Crippen LogP contribution in [0.4, 0.5) is 5.13 Å². The van der Waals surface area contributed by atoms with Gasteiger partial charge in [0.2, 0.25) is 11.0 Å². The average molecular weight is 397 g/mol. The fourth-order valence-corrected chi connectivity index (χ4v) is 3.71. The summed E-state index contributed by atoms with van der Waals surface area (Å²) in [4.78, 5) is 12.3. The molecule has 0 aliphatic carbocycles. The number of nitrogens with one attached hydrogen (secondary N) is 2. The van der Waals surface area contributed by atoms with Crippen LogP contribution in [0.15, 0.2) is 0 Å².